The number of nitrogens with one attached hydrogen (secondary N) is 1. The Bertz CT molecular complexity index is 919. The summed E-state index contributed by atoms with van der Waals surface area (Å²) in [6.45, 7) is 6.86. The molecule has 0 aliphatic heterocycles. The molecule has 3 aromatic rings. The van der Waals surface area contributed by atoms with E-state index in [9.17, 15) is 5.11 Å². The maximum Gasteiger partial charge on any atom is 0.134 e. The summed E-state index contributed by atoms with van der Waals surface area (Å²) in [4.78, 5) is 4.84. The number of nitrogens with zero attached hydrogens (tertiary/aromatic N) is 1. The molecule has 0 unspecified atom stereocenters. The van der Waals surface area contributed by atoms with Crippen LogP contribution in [0.5, 0.6) is 5.75 Å². The predicted molar refractivity (Wildman–Crippen MR) is 108 cm³/mol. The zero-order valence-corrected chi connectivity index (χ0v) is 15.8. The Morgan fingerprint density at radius 3 is 2.50 bits per heavy atom. The van der Waals surface area contributed by atoms with E-state index in [0.29, 0.717) is 6.54 Å². The van der Waals surface area contributed by atoms with Crippen molar-refractivity contribution in [1.29, 1.82) is 0 Å². The quantitative estimate of drug-likeness (QED) is 0.679. The molecule has 4 nitrogen and oxygen atoms in total. The van der Waals surface area contributed by atoms with Crippen LogP contribution in [0.15, 0.2) is 48.5 Å². The van der Waals surface area contributed by atoms with Gasteiger partial charge in [-0.3, -0.25) is 0 Å². The summed E-state index contributed by atoms with van der Waals surface area (Å²) in [6, 6.07) is 16.4. The average molecular weight is 350 g/mol. The molecule has 2 aromatic carbocycles. The van der Waals surface area contributed by atoms with Gasteiger partial charge >= 0.3 is 0 Å². The van der Waals surface area contributed by atoms with E-state index in [2.05, 4.69) is 23.5 Å². The van der Waals surface area contributed by atoms with Crippen LogP contribution in [0, 0.1) is 12.3 Å². The highest BCUT2D eigenvalue weighted by Crippen LogP contribution is 2.35. The van der Waals surface area contributed by atoms with Crippen molar-refractivity contribution in [2.75, 3.05) is 25.6 Å². The molecule has 26 heavy (non-hydrogen) atoms. The molecule has 3 rings (SSSR count). The summed E-state index contributed by atoms with van der Waals surface area (Å²) < 4.78 is 5.38. The summed E-state index contributed by atoms with van der Waals surface area (Å²) in [5, 5.41) is 15.2. The van der Waals surface area contributed by atoms with Crippen molar-refractivity contribution in [2.24, 2.45) is 5.41 Å². The molecule has 4 heteroatoms. The van der Waals surface area contributed by atoms with Crippen molar-refractivity contribution in [1.82, 2.24) is 4.98 Å². The first-order valence-electron chi connectivity index (χ1n) is 8.84. The minimum absolute atomic E-state index is 0.124. The summed E-state index contributed by atoms with van der Waals surface area (Å²) in [5.74, 6) is 1.68. The number of aromatic nitrogens is 1. The normalized spacial score (nSPS) is 11.6. The standard InChI is InChI=1S/C22H26N2O2/c1-15-20(16-8-7-9-17(12-16)26-4)18-10-5-6-11-19(18)21(24-15)23-13-22(2,3)14-25/h5-12,25H,13-14H2,1-4H3,(H,23,24). The number of aliphatic hydroxyl groups is 1. The fourth-order valence-electron chi connectivity index (χ4n) is 3.04. The van der Waals surface area contributed by atoms with Crippen molar-refractivity contribution in [2.45, 2.75) is 20.8 Å². The van der Waals surface area contributed by atoms with Crippen LogP contribution in [-0.4, -0.2) is 30.4 Å². The van der Waals surface area contributed by atoms with Gasteiger partial charge in [0, 0.05) is 35.2 Å². The van der Waals surface area contributed by atoms with Crippen molar-refractivity contribution < 1.29 is 9.84 Å². The van der Waals surface area contributed by atoms with E-state index >= 15 is 0 Å². The van der Waals surface area contributed by atoms with Crippen LogP contribution >= 0.6 is 0 Å². The third-order valence-electron chi connectivity index (χ3n) is 4.61. The number of hydrogen-bond acceptors (Lipinski definition) is 4. The molecular weight excluding hydrogens is 324 g/mol. The molecule has 0 bridgehead atoms. The van der Waals surface area contributed by atoms with Gasteiger partial charge in [-0.2, -0.15) is 0 Å². The second kappa shape index (κ2) is 7.34. The first-order valence-corrected chi connectivity index (χ1v) is 8.84. The summed E-state index contributed by atoms with van der Waals surface area (Å²) in [6.07, 6.45) is 0. The second-order valence-corrected chi connectivity index (χ2v) is 7.37. The minimum Gasteiger partial charge on any atom is -0.497 e. The third kappa shape index (κ3) is 3.65. The van der Waals surface area contributed by atoms with Crippen molar-refractivity contribution in [3.8, 4) is 16.9 Å². The van der Waals surface area contributed by atoms with Gasteiger partial charge < -0.3 is 15.2 Å². The first kappa shape index (κ1) is 18.2. The topological polar surface area (TPSA) is 54.4 Å². The predicted octanol–water partition coefficient (Wildman–Crippen LogP) is 4.65. The van der Waals surface area contributed by atoms with Crippen molar-refractivity contribution in [3.05, 3.63) is 54.2 Å². The first-order chi connectivity index (χ1) is 12.4. The lowest BCUT2D eigenvalue weighted by Crippen LogP contribution is -2.27. The van der Waals surface area contributed by atoms with Gasteiger partial charge in [0.25, 0.3) is 0 Å². The fourth-order valence-corrected chi connectivity index (χ4v) is 3.04. The molecule has 0 amide bonds. The summed E-state index contributed by atoms with van der Waals surface area (Å²) >= 11 is 0. The van der Waals surface area contributed by atoms with E-state index < -0.39 is 0 Å². The number of aryl methyl sites for hydroxylation is 1. The van der Waals surface area contributed by atoms with Crippen LogP contribution in [-0.2, 0) is 0 Å². The average Bonchev–Trinajstić information content (AvgIpc) is 2.66. The third-order valence-corrected chi connectivity index (χ3v) is 4.61. The van der Waals surface area contributed by atoms with Gasteiger partial charge in [0.05, 0.1) is 7.11 Å². The number of anilines is 1. The number of rotatable bonds is 6. The molecule has 0 saturated carbocycles. The van der Waals surface area contributed by atoms with Crippen LogP contribution < -0.4 is 10.1 Å². The zero-order valence-electron chi connectivity index (χ0n) is 15.8. The molecule has 0 atom stereocenters. The Labute approximate surface area is 154 Å². The maximum atomic E-state index is 9.51. The van der Waals surface area contributed by atoms with E-state index in [4.69, 9.17) is 9.72 Å². The smallest absolute Gasteiger partial charge is 0.134 e. The second-order valence-electron chi connectivity index (χ2n) is 7.37. The molecule has 0 fully saturated rings. The van der Waals surface area contributed by atoms with E-state index in [1.165, 1.54) is 0 Å². The fraction of sp³-hybridized carbons (Fsp3) is 0.318. The summed E-state index contributed by atoms with van der Waals surface area (Å²) in [7, 11) is 1.68. The lowest BCUT2D eigenvalue weighted by atomic mass is 9.94. The van der Waals surface area contributed by atoms with Crippen molar-refractivity contribution in [3.63, 3.8) is 0 Å². The van der Waals surface area contributed by atoms with Gasteiger partial charge in [-0.15, -0.1) is 0 Å². The molecular formula is C22H26N2O2. The monoisotopic (exact) mass is 350 g/mol. The highest BCUT2D eigenvalue weighted by atomic mass is 16.5. The SMILES string of the molecule is COc1cccc(-c2c(C)nc(NCC(C)(C)CO)c3ccccc23)c1. The largest absolute Gasteiger partial charge is 0.497 e. The van der Waals surface area contributed by atoms with Crippen LogP contribution in [0.4, 0.5) is 5.82 Å². The molecule has 0 aliphatic carbocycles. The van der Waals surface area contributed by atoms with Gasteiger partial charge in [-0.25, -0.2) is 4.98 Å². The number of ether oxygens (including phenoxy) is 1. The number of benzene rings is 2. The maximum absolute atomic E-state index is 9.51. The highest BCUT2D eigenvalue weighted by molar-refractivity contribution is 6.03. The Morgan fingerprint density at radius 1 is 1.08 bits per heavy atom. The highest BCUT2D eigenvalue weighted by Gasteiger charge is 2.18. The number of hydrogen-bond donors (Lipinski definition) is 2. The molecule has 1 heterocycles. The molecule has 0 spiro atoms. The molecule has 0 radical (unpaired) electrons. The van der Waals surface area contributed by atoms with Gasteiger partial charge in [-0.05, 0) is 30.0 Å². The number of aliphatic hydroxyl groups excluding tert-OH is 1. The zero-order chi connectivity index (χ0) is 18.7. The van der Waals surface area contributed by atoms with Gasteiger partial charge in [0.1, 0.15) is 11.6 Å². The van der Waals surface area contributed by atoms with Crippen LogP contribution in [0.25, 0.3) is 21.9 Å². The van der Waals surface area contributed by atoms with Crippen LogP contribution in [0.3, 0.4) is 0 Å². The Morgan fingerprint density at radius 2 is 1.81 bits per heavy atom. The van der Waals surface area contributed by atoms with Crippen LogP contribution in [0.1, 0.15) is 19.5 Å². The molecule has 1 aromatic heterocycles. The van der Waals surface area contributed by atoms with Crippen LogP contribution in [0.2, 0.25) is 0 Å². The number of fused-ring (bicyclic) bond motifs is 1. The Kier molecular flexibility index (Phi) is 5.14. The summed E-state index contributed by atoms with van der Waals surface area (Å²) in [5.41, 5.74) is 2.96. The lowest BCUT2D eigenvalue weighted by Gasteiger charge is -2.23. The molecule has 0 aliphatic rings. The molecule has 0 saturated heterocycles. The number of methoxy groups -OCH3 is 1. The van der Waals surface area contributed by atoms with Crippen molar-refractivity contribution >= 4 is 16.6 Å². The van der Waals surface area contributed by atoms with E-state index in [1.807, 2.05) is 51.1 Å². The number of pyridine rings is 1. The van der Waals surface area contributed by atoms with Gasteiger partial charge in [0.2, 0.25) is 0 Å². The molecule has 136 valence electrons. The van der Waals surface area contributed by atoms with Gasteiger partial charge in [0.15, 0.2) is 0 Å². The Hall–Kier alpha value is -2.59. The lowest BCUT2D eigenvalue weighted by molar-refractivity contribution is 0.171. The Balaban J connectivity index is 2.12. The van der Waals surface area contributed by atoms with E-state index in [-0.39, 0.29) is 12.0 Å². The van der Waals surface area contributed by atoms with E-state index in [0.717, 1.165) is 39.2 Å². The molecule has 2 N–H and O–H groups in total. The minimum atomic E-state index is -0.206. The van der Waals surface area contributed by atoms with E-state index in [1.54, 1.807) is 7.11 Å². The van der Waals surface area contributed by atoms with Gasteiger partial charge in [-0.1, -0.05) is 50.2 Å².